The molecule has 3 rings (SSSR count). The number of fused-ring (bicyclic) bond motifs is 1. The van der Waals surface area contributed by atoms with E-state index in [1.54, 1.807) is 0 Å². The molecular weight excluding hydrogens is 314 g/mol. The molecular formula is C16H16BrN3. The van der Waals surface area contributed by atoms with Gasteiger partial charge in [0.2, 0.25) is 0 Å². The molecule has 20 heavy (non-hydrogen) atoms. The Kier molecular flexibility index (Phi) is 3.05. The molecule has 3 aromatic rings. The SMILES string of the molecule is Cc1cc(Br)cc(C)c1-n1c(C)nc2cc(N)ccc21. The molecule has 2 aromatic carbocycles. The second-order valence-corrected chi connectivity index (χ2v) is 6.05. The number of aromatic nitrogens is 2. The normalized spacial score (nSPS) is 11.2. The van der Waals surface area contributed by atoms with Crippen molar-refractivity contribution in [2.45, 2.75) is 20.8 Å². The van der Waals surface area contributed by atoms with Gasteiger partial charge in [-0.15, -0.1) is 0 Å². The molecule has 0 aliphatic heterocycles. The molecule has 0 amide bonds. The Balaban J connectivity index is 2.38. The van der Waals surface area contributed by atoms with Crippen molar-refractivity contribution in [1.29, 1.82) is 0 Å². The highest BCUT2D eigenvalue weighted by Gasteiger charge is 2.13. The maximum atomic E-state index is 5.85. The van der Waals surface area contributed by atoms with Gasteiger partial charge in [-0.05, 0) is 62.2 Å². The molecule has 0 saturated carbocycles. The van der Waals surface area contributed by atoms with Crippen LogP contribution in [0.4, 0.5) is 5.69 Å². The Morgan fingerprint density at radius 2 is 1.70 bits per heavy atom. The number of nitrogen functional groups attached to an aromatic ring is 1. The van der Waals surface area contributed by atoms with Gasteiger partial charge in [0.15, 0.2) is 0 Å². The molecule has 0 aliphatic carbocycles. The number of aryl methyl sites for hydroxylation is 3. The fraction of sp³-hybridized carbons (Fsp3) is 0.188. The average Bonchev–Trinajstić information content (AvgIpc) is 2.64. The Morgan fingerprint density at radius 1 is 1.05 bits per heavy atom. The van der Waals surface area contributed by atoms with Gasteiger partial charge in [0, 0.05) is 10.2 Å². The minimum Gasteiger partial charge on any atom is -0.399 e. The molecule has 2 N–H and O–H groups in total. The third-order valence-electron chi connectivity index (χ3n) is 3.53. The number of anilines is 1. The molecule has 102 valence electrons. The lowest BCUT2D eigenvalue weighted by Gasteiger charge is -2.14. The van der Waals surface area contributed by atoms with Crippen LogP contribution >= 0.6 is 15.9 Å². The van der Waals surface area contributed by atoms with Crippen LogP contribution < -0.4 is 5.73 Å². The van der Waals surface area contributed by atoms with E-state index in [1.807, 2.05) is 25.1 Å². The van der Waals surface area contributed by atoms with Crippen molar-refractivity contribution < 1.29 is 0 Å². The topological polar surface area (TPSA) is 43.8 Å². The minimum atomic E-state index is 0.742. The van der Waals surface area contributed by atoms with Crippen molar-refractivity contribution in [2.24, 2.45) is 0 Å². The number of halogens is 1. The van der Waals surface area contributed by atoms with E-state index in [-0.39, 0.29) is 0 Å². The highest BCUT2D eigenvalue weighted by molar-refractivity contribution is 9.10. The van der Waals surface area contributed by atoms with E-state index in [0.717, 1.165) is 27.0 Å². The van der Waals surface area contributed by atoms with E-state index in [1.165, 1.54) is 16.8 Å². The lowest BCUT2D eigenvalue weighted by atomic mass is 10.1. The molecule has 0 fully saturated rings. The number of imidazole rings is 1. The molecule has 0 radical (unpaired) electrons. The lowest BCUT2D eigenvalue weighted by molar-refractivity contribution is 0.977. The Morgan fingerprint density at radius 3 is 2.35 bits per heavy atom. The monoisotopic (exact) mass is 329 g/mol. The van der Waals surface area contributed by atoms with Crippen LogP contribution in [0.15, 0.2) is 34.8 Å². The van der Waals surface area contributed by atoms with Gasteiger partial charge in [0.05, 0.1) is 16.7 Å². The molecule has 1 heterocycles. The van der Waals surface area contributed by atoms with Crippen LogP contribution in [0, 0.1) is 20.8 Å². The zero-order chi connectivity index (χ0) is 14.4. The van der Waals surface area contributed by atoms with E-state index in [4.69, 9.17) is 5.73 Å². The zero-order valence-corrected chi connectivity index (χ0v) is 13.3. The van der Waals surface area contributed by atoms with E-state index in [0.29, 0.717) is 0 Å². The second kappa shape index (κ2) is 4.63. The summed E-state index contributed by atoms with van der Waals surface area (Å²) in [4.78, 5) is 4.63. The highest BCUT2D eigenvalue weighted by Crippen LogP contribution is 2.29. The average molecular weight is 330 g/mol. The van der Waals surface area contributed by atoms with Crippen molar-refractivity contribution in [3.8, 4) is 5.69 Å². The standard InChI is InChI=1S/C16H16BrN3/c1-9-6-12(17)7-10(2)16(9)20-11(3)19-14-8-13(18)4-5-15(14)20/h4-8H,18H2,1-3H3. The van der Waals surface area contributed by atoms with Crippen molar-refractivity contribution in [3.63, 3.8) is 0 Å². The molecule has 0 saturated heterocycles. The number of hydrogen-bond acceptors (Lipinski definition) is 2. The van der Waals surface area contributed by atoms with Crippen LogP contribution in [-0.2, 0) is 0 Å². The van der Waals surface area contributed by atoms with Gasteiger partial charge in [-0.3, -0.25) is 4.57 Å². The first-order chi connectivity index (χ1) is 9.47. The Bertz CT molecular complexity index is 795. The summed E-state index contributed by atoms with van der Waals surface area (Å²) in [5, 5.41) is 0. The molecule has 3 nitrogen and oxygen atoms in total. The minimum absolute atomic E-state index is 0.742. The summed E-state index contributed by atoms with van der Waals surface area (Å²) in [6.07, 6.45) is 0. The van der Waals surface area contributed by atoms with Crippen molar-refractivity contribution in [2.75, 3.05) is 5.73 Å². The fourth-order valence-corrected chi connectivity index (χ4v) is 3.44. The molecule has 0 bridgehead atoms. The summed E-state index contributed by atoms with van der Waals surface area (Å²) < 4.78 is 3.30. The van der Waals surface area contributed by atoms with Gasteiger partial charge in [0.25, 0.3) is 0 Å². The molecule has 0 atom stereocenters. The van der Waals surface area contributed by atoms with Crippen LogP contribution in [0.5, 0.6) is 0 Å². The predicted octanol–water partition coefficient (Wildman–Crippen LogP) is 4.30. The van der Waals surface area contributed by atoms with E-state index in [9.17, 15) is 0 Å². The van der Waals surface area contributed by atoms with Crippen LogP contribution in [-0.4, -0.2) is 9.55 Å². The quantitative estimate of drug-likeness (QED) is 0.676. The first kappa shape index (κ1) is 13.2. The number of hydrogen-bond donors (Lipinski definition) is 1. The van der Waals surface area contributed by atoms with E-state index >= 15 is 0 Å². The number of nitrogens with zero attached hydrogens (tertiary/aromatic N) is 2. The Labute approximate surface area is 126 Å². The number of rotatable bonds is 1. The molecule has 1 aromatic heterocycles. The van der Waals surface area contributed by atoms with Gasteiger partial charge in [-0.25, -0.2) is 4.98 Å². The summed E-state index contributed by atoms with van der Waals surface area (Å²) in [5.74, 6) is 0.971. The van der Waals surface area contributed by atoms with Crippen LogP contribution in [0.25, 0.3) is 16.7 Å². The first-order valence-electron chi connectivity index (χ1n) is 6.49. The summed E-state index contributed by atoms with van der Waals surface area (Å²) in [7, 11) is 0. The van der Waals surface area contributed by atoms with Crippen LogP contribution in [0.2, 0.25) is 0 Å². The van der Waals surface area contributed by atoms with Crippen LogP contribution in [0.3, 0.4) is 0 Å². The summed E-state index contributed by atoms with van der Waals surface area (Å²) in [5.41, 5.74) is 12.2. The smallest absolute Gasteiger partial charge is 0.111 e. The van der Waals surface area contributed by atoms with Gasteiger partial charge in [-0.2, -0.15) is 0 Å². The predicted molar refractivity (Wildman–Crippen MR) is 87.4 cm³/mol. The van der Waals surface area contributed by atoms with Gasteiger partial charge in [0.1, 0.15) is 5.82 Å². The molecule has 4 heteroatoms. The lowest BCUT2D eigenvalue weighted by Crippen LogP contribution is -2.02. The highest BCUT2D eigenvalue weighted by atomic mass is 79.9. The summed E-state index contributed by atoms with van der Waals surface area (Å²) >= 11 is 3.55. The third kappa shape index (κ3) is 2.00. The number of nitrogens with two attached hydrogens (primary N) is 1. The van der Waals surface area contributed by atoms with Crippen molar-refractivity contribution in [3.05, 3.63) is 51.8 Å². The summed E-state index contributed by atoms with van der Waals surface area (Å²) in [6.45, 7) is 6.27. The fourth-order valence-electron chi connectivity index (χ4n) is 2.76. The zero-order valence-electron chi connectivity index (χ0n) is 11.7. The Hall–Kier alpha value is -1.81. The van der Waals surface area contributed by atoms with Gasteiger partial charge in [-0.1, -0.05) is 15.9 Å². The second-order valence-electron chi connectivity index (χ2n) is 5.13. The van der Waals surface area contributed by atoms with E-state index < -0.39 is 0 Å². The van der Waals surface area contributed by atoms with Gasteiger partial charge >= 0.3 is 0 Å². The van der Waals surface area contributed by atoms with E-state index in [2.05, 4.69) is 51.5 Å². The molecule has 0 aliphatic rings. The largest absolute Gasteiger partial charge is 0.399 e. The maximum Gasteiger partial charge on any atom is 0.111 e. The molecule has 0 unspecified atom stereocenters. The van der Waals surface area contributed by atoms with Crippen molar-refractivity contribution in [1.82, 2.24) is 9.55 Å². The van der Waals surface area contributed by atoms with Gasteiger partial charge < -0.3 is 5.73 Å². The molecule has 0 spiro atoms. The number of benzene rings is 2. The first-order valence-corrected chi connectivity index (χ1v) is 7.28. The van der Waals surface area contributed by atoms with Crippen molar-refractivity contribution >= 4 is 32.7 Å². The summed E-state index contributed by atoms with van der Waals surface area (Å²) in [6, 6.07) is 10.1. The van der Waals surface area contributed by atoms with Crippen LogP contribution in [0.1, 0.15) is 17.0 Å². The maximum absolute atomic E-state index is 5.85. The third-order valence-corrected chi connectivity index (χ3v) is 3.98.